The monoisotopic (exact) mass is 200 g/mol. The summed E-state index contributed by atoms with van der Waals surface area (Å²) in [5.74, 6) is -0.179. The van der Waals surface area contributed by atoms with Gasteiger partial charge in [-0.2, -0.15) is 0 Å². The lowest BCUT2D eigenvalue weighted by molar-refractivity contribution is -0.157. The smallest absolute Gasteiger partial charge is 0.233 e. The van der Waals surface area contributed by atoms with E-state index in [0.29, 0.717) is 13.1 Å². The van der Waals surface area contributed by atoms with Crippen LogP contribution in [0.5, 0.6) is 0 Å². The Labute approximate surface area is 81.2 Å². The molecule has 0 bridgehead atoms. The molecule has 0 aromatic rings. The quantitative estimate of drug-likeness (QED) is 0.208. The van der Waals surface area contributed by atoms with Crippen LogP contribution < -0.4 is 0 Å². The number of rotatable bonds is 5. The van der Waals surface area contributed by atoms with Crippen molar-refractivity contribution >= 4 is 5.91 Å². The summed E-state index contributed by atoms with van der Waals surface area (Å²) in [7, 11) is 3.01. The summed E-state index contributed by atoms with van der Waals surface area (Å²) >= 11 is 0. The summed E-state index contributed by atoms with van der Waals surface area (Å²) in [6.45, 7) is 0.801. The summed E-state index contributed by atoms with van der Waals surface area (Å²) in [4.78, 5) is 15.4. The fourth-order valence-electron chi connectivity index (χ4n) is 1.21. The molecule has 0 N–H and O–H groups in total. The van der Waals surface area contributed by atoms with Crippen molar-refractivity contribution in [3.8, 4) is 0 Å². The number of carbonyl (C=O) groups is 1. The Morgan fingerprint density at radius 3 is 2.79 bits per heavy atom. The van der Waals surface area contributed by atoms with E-state index >= 15 is 0 Å². The highest BCUT2D eigenvalue weighted by Gasteiger charge is 2.36. The lowest BCUT2D eigenvalue weighted by Gasteiger charge is -2.37. The maximum absolute atomic E-state index is 11.3. The average molecular weight is 200 g/mol. The molecular weight excluding hydrogens is 188 g/mol. The minimum absolute atomic E-state index is 0.179. The number of β-lactam (4-membered cyclic amide) rings is 1. The van der Waals surface area contributed by atoms with E-state index in [9.17, 15) is 4.79 Å². The van der Waals surface area contributed by atoms with Gasteiger partial charge in [-0.15, -0.1) is 0 Å². The predicted octanol–water partition coefficient (Wildman–Crippen LogP) is 0.126. The first kappa shape index (κ1) is 10.8. The van der Waals surface area contributed by atoms with Crippen LogP contribution >= 0.6 is 0 Å². The van der Waals surface area contributed by atoms with Crippen molar-refractivity contribution in [3.63, 3.8) is 0 Å². The average Bonchev–Trinajstić information content (AvgIpc) is 2.22. The highest BCUT2D eigenvalue weighted by molar-refractivity contribution is 5.88. The molecule has 0 saturated carbocycles. The minimum Gasteiger partial charge on any atom is -0.354 e. The van der Waals surface area contributed by atoms with Crippen molar-refractivity contribution in [2.75, 3.05) is 27.3 Å². The highest BCUT2D eigenvalue weighted by atomic mass is 16.7. The molecule has 7 heteroatoms. The number of hydrogen-bond acceptors (Lipinski definition) is 4. The Balaban J connectivity index is 2.37. The van der Waals surface area contributed by atoms with Gasteiger partial charge in [-0.1, -0.05) is 5.11 Å². The van der Waals surface area contributed by atoms with Gasteiger partial charge >= 0.3 is 0 Å². The standard InChI is InChI=1S/C7H12N4O3/c1-13-6(14-2)4-11-3-5(7(11)12)9-10-8/h5-6H,3-4H2,1-2H3. The van der Waals surface area contributed by atoms with E-state index in [4.69, 9.17) is 15.0 Å². The molecule has 1 atom stereocenters. The van der Waals surface area contributed by atoms with E-state index in [2.05, 4.69) is 10.0 Å². The van der Waals surface area contributed by atoms with Gasteiger partial charge < -0.3 is 14.4 Å². The van der Waals surface area contributed by atoms with Crippen molar-refractivity contribution in [1.29, 1.82) is 0 Å². The summed E-state index contributed by atoms with van der Waals surface area (Å²) in [5.41, 5.74) is 8.12. The number of hydrogen-bond donors (Lipinski definition) is 0. The summed E-state index contributed by atoms with van der Waals surface area (Å²) in [6.07, 6.45) is -0.425. The Bertz CT molecular complexity index is 260. The van der Waals surface area contributed by atoms with Crippen LogP contribution in [0.4, 0.5) is 0 Å². The van der Waals surface area contributed by atoms with Crippen LogP contribution in [0.25, 0.3) is 10.4 Å². The van der Waals surface area contributed by atoms with Gasteiger partial charge in [-0.05, 0) is 5.53 Å². The third kappa shape index (κ3) is 2.14. The predicted molar refractivity (Wildman–Crippen MR) is 47.3 cm³/mol. The molecule has 0 spiro atoms. The first-order valence-corrected chi connectivity index (χ1v) is 4.11. The molecule has 0 aliphatic carbocycles. The largest absolute Gasteiger partial charge is 0.354 e. The SMILES string of the molecule is COC(CN1CC(N=[N+]=[N-])C1=O)OC. The van der Waals surface area contributed by atoms with Gasteiger partial charge in [0.15, 0.2) is 6.29 Å². The van der Waals surface area contributed by atoms with Gasteiger partial charge in [0.2, 0.25) is 5.91 Å². The van der Waals surface area contributed by atoms with Crippen LogP contribution in [0, 0.1) is 0 Å². The second-order valence-electron chi connectivity index (χ2n) is 2.86. The van der Waals surface area contributed by atoms with Gasteiger partial charge in [-0.25, -0.2) is 0 Å². The van der Waals surface area contributed by atoms with Crippen LogP contribution in [-0.4, -0.2) is 50.4 Å². The van der Waals surface area contributed by atoms with Gasteiger partial charge in [0.1, 0.15) is 6.04 Å². The van der Waals surface area contributed by atoms with Crippen LogP contribution in [0.2, 0.25) is 0 Å². The molecule has 0 aromatic carbocycles. The van der Waals surface area contributed by atoms with E-state index in [0.717, 1.165) is 0 Å². The van der Waals surface area contributed by atoms with Crippen LogP contribution in [-0.2, 0) is 14.3 Å². The van der Waals surface area contributed by atoms with Crippen molar-refractivity contribution in [3.05, 3.63) is 10.4 Å². The Kier molecular flexibility index (Phi) is 3.70. The number of ether oxygens (including phenoxy) is 2. The zero-order valence-corrected chi connectivity index (χ0v) is 8.08. The number of azide groups is 1. The second kappa shape index (κ2) is 4.80. The Morgan fingerprint density at radius 2 is 2.36 bits per heavy atom. The number of methoxy groups -OCH3 is 2. The van der Waals surface area contributed by atoms with Gasteiger partial charge in [0.05, 0.1) is 6.54 Å². The molecule has 1 fully saturated rings. The zero-order chi connectivity index (χ0) is 10.6. The first-order chi connectivity index (χ1) is 6.72. The van der Waals surface area contributed by atoms with E-state index < -0.39 is 12.3 Å². The van der Waals surface area contributed by atoms with E-state index in [1.54, 1.807) is 0 Å². The number of amides is 1. The third-order valence-corrected chi connectivity index (χ3v) is 2.08. The Morgan fingerprint density at radius 1 is 1.71 bits per heavy atom. The van der Waals surface area contributed by atoms with Crippen molar-refractivity contribution in [1.82, 2.24) is 4.90 Å². The normalized spacial score (nSPS) is 20.6. The molecule has 1 aliphatic rings. The molecule has 0 radical (unpaired) electrons. The first-order valence-electron chi connectivity index (χ1n) is 4.11. The molecule has 1 aliphatic heterocycles. The van der Waals surface area contributed by atoms with Gasteiger partial charge in [-0.3, -0.25) is 4.79 Å². The number of likely N-dealkylation sites (tertiary alicyclic amines) is 1. The second-order valence-corrected chi connectivity index (χ2v) is 2.86. The molecule has 7 nitrogen and oxygen atoms in total. The lowest BCUT2D eigenvalue weighted by Crippen LogP contribution is -2.57. The third-order valence-electron chi connectivity index (χ3n) is 2.08. The highest BCUT2D eigenvalue weighted by Crippen LogP contribution is 2.14. The topological polar surface area (TPSA) is 87.5 Å². The molecule has 14 heavy (non-hydrogen) atoms. The maximum atomic E-state index is 11.3. The zero-order valence-electron chi connectivity index (χ0n) is 8.08. The summed E-state index contributed by atoms with van der Waals surface area (Å²) in [5, 5.41) is 3.33. The summed E-state index contributed by atoms with van der Waals surface area (Å²) < 4.78 is 9.86. The van der Waals surface area contributed by atoms with Crippen LogP contribution in [0.15, 0.2) is 5.11 Å². The maximum Gasteiger partial charge on any atom is 0.233 e. The molecule has 1 saturated heterocycles. The molecular formula is C7H12N4O3. The molecule has 1 heterocycles. The fourth-order valence-corrected chi connectivity index (χ4v) is 1.21. The molecule has 1 unspecified atom stereocenters. The minimum atomic E-state index is -0.547. The summed E-state index contributed by atoms with van der Waals surface area (Å²) in [6, 6.07) is -0.547. The molecule has 1 amide bonds. The van der Waals surface area contributed by atoms with Crippen molar-refractivity contribution in [2.24, 2.45) is 5.11 Å². The van der Waals surface area contributed by atoms with Crippen LogP contribution in [0.3, 0.4) is 0 Å². The van der Waals surface area contributed by atoms with Gasteiger partial charge in [0, 0.05) is 25.7 Å². The number of nitrogens with zero attached hydrogens (tertiary/aromatic N) is 4. The van der Waals surface area contributed by atoms with Crippen molar-refractivity contribution in [2.45, 2.75) is 12.3 Å². The Hall–Kier alpha value is -1.30. The molecule has 78 valence electrons. The number of carbonyl (C=O) groups excluding carboxylic acids is 1. The molecule has 0 aromatic heterocycles. The van der Waals surface area contributed by atoms with Crippen LogP contribution in [0.1, 0.15) is 0 Å². The van der Waals surface area contributed by atoms with E-state index in [1.165, 1.54) is 19.1 Å². The molecule has 1 rings (SSSR count). The van der Waals surface area contributed by atoms with Crippen molar-refractivity contribution < 1.29 is 14.3 Å². The van der Waals surface area contributed by atoms with E-state index in [1.807, 2.05) is 0 Å². The lowest BCUT2D eigenvalue weighted by atomic mass is 10.1. The van der Waals surface area contributed by atoms with Gasteiger partial charge in [0.25, 0.3) is 0 Å². The van der Waals surface area contributed by atoms with E-state index in [-0.39, 0.29) is 5.91 Å². The fraction of sp³-hybridized carbons (Fsp3) is 0.857.